The topological polar surface area (TPSA) is 93.0 Å². The number of benzene rings is 2. The zero-order valence-corrected chi connectivity index (χ0v) is 17.1. The van der Waals surface area contributed by atoms with Crippen molar-refractivity contribution in [1.29, 1.82) is 0 Å². The van der Waals surface area contributed by atoms with Gasteiger partial charge in [0, 0.05) is 12.7 Å². The molecule has 3 N–H and O–H groups in total. The predicted octanol–water partition coefficient (Wildman–Crippen LogP) is 5.37. The second-order valence-corrected chi connectivity index (χ2v) is 7.10. The summed E-state index contributed by atoms with van der Waals surface area (Å²) >= 11 is 0. The molecule has 0 aliphatic carbocycles. The van der Waals surface area contributed by atoms with Crippen LogP contribution in [0.1, 0.15) is 23.6 Å². The van der Waals surface area contributed by atoms with E-state index in [1.54, 1.807) is 30.3 Å². The van der Waals surface area contributed by atoms with Crippen LogP contribution in [0.4, 0.5) is 42.0 Å². The Morgan fingerprint density at radius 1 is 1.16 bits per heavy atom. The van der Waals surface area contributed by atoms with E-state index in [0.29, 0.717) is 23.6 Å². The minimum Gasteiger partial charge on any atom is -0.684 e. The lowest BCUT2D eigenvalue weighted by Gasteiger charge is -2.23. The van der Waals surface area contributed by atoms with E-state index in [1.807, 2.05) is 19.1 Å². The fraction of sp³-hybridized carbons (Fsp3) is 0.227. The van der Waals surface area contributed by atoms with Crippen LogP contribution in [-0.4, -0.2) is 22.4 Å². The molecular formula is C22H20F3N6O-. The molecule has 0 bridgehead atoms. The summed E-state index contributed by atoms with van der Waals surface area (Å²) in [5, 5.41) is 12.8. The number of nitrogens with zero attached hydrogens (tertiary/aromatic N) is 3. The summed E-state index contributed by atoms with van der Waals surface area (Å²) in [6.45, 7) is 2.55. The zero-order chi connectivity index (χ0) is 22.7. The number of amides is 1. The van der Waals surface area contributed by atoms with Gasteiger partial charge < -0.3 is 21.3 Å². The first-order chi connectivity index (χ1) is 15.3. The summed E-state index contributed by atoms with van der Waals surface area (Å²) in [5.41, 5.74) is 2.36. The molecule has 0 saturated carbocycles. The number of halogens is 3. The molecule has 166 valence electrons. The van der Waals surface area contributed by atoms with Crippen LogP contribution in [0.15, 0.2) is 48.7 Å². The van der Waals surface area contributed by atoms with Gasteiger partial charge in [0.2, 0.25) is 11.9 Å². The van der Waals surface area contributed by atoms with E-state index in [1.165, 1.54) is 0 Å². The Kier molecular flexibility index (Phi) is 5.85. The number of alkyl halides is 3. The molecule has 1 aliphatic rings. The van der Waals surface area contributed by atoms with Crippen molar-refractivity contribution < 1.29 is 18.0 Å². The molecular weight excluding hydrogens is 421 g/mol. The molecule has 0 atom stereocenters. The molecule has 10 heteroatoms. The average Bonchev–Trinajstić information content (AvgIpc) is 3.14. The second kappa shape index (κ2) is 8.74. The fourth-order valence-corrected chi connectivity index (χ4v) is 3.42. The Hall–Kier alpha value is -3.82. The van der Waals surface area contributed by atoms with Crippen LogP contribution >= 0.6 is 0 Å². The Morgan fingerprint density at radius 2 is 1.97 bits per heavy atom. The predicted molar refractivity (Wildman–Crippen MR) is 116 cm³/mol. The smallest absolute Gasteiger partial charge is 0.421 e. The van der Waals surface area contributed by atoms with Gasteiger partial charge in [0.05, 0.1) is 17.8 Å². The van der Waals surface area contributed by atoms with E-state index >= 15 is 0 Å². The van der Waals surface area contributed by atoms with Crippen molar-refractivity contribution >= 4 is 34.7 Å². The number of fused-ring (bicyclic) bond motifs is 1. The number of rotatable bonds is 7. The van der Waals surface area contributed by atoms with Gasteiger partial charge in [-0.05, 0) is 17.2 Å². The summed E-state index contributed by atoms with van der Waals surface area (Å²) in [4.78, 5) is 19.6. The molecule has 2 heterocycles. The maximum Gasteiger partial charge on any atom is 0.421 e. The first-order valence-electron chi connectivity index (χ1n) is 9.97. The molecule has 0 spiro atoms. The van der Waals surface area contributed by atoms with Crippen LogP contribution < -0.4 is 16.0 Å². The second-order valence-electron chi connectivity index (χ2n) is 7.10. The Morgan fingerprint density at radius 3 is 2.75 bits per heavy atom. The standard InChI is InChI=1S/C22H20F3N6O/c1-2-26-16-8-4-3-6-14(16)11-27-20-15(22(23,24)25)12-28-21(31-20)29-17-9-5-7-13-10-18(32)30-19(13)17/h3-9,12H,2,10-11H2,1H3,(H,30,32)(H2,27,28,29,31)/q-1. The summed E-state index contributed by atoms with van der Waals surface area (Å²) in [6, 6.07) is 12.5. The average molecular weight is 441 g/mol. The van der Waals surface area contributed by atoms with Gasteiger partial charge in [-0.1, -0.05) is 43.3 Å². The minimum atomic E-state index is -4.63. The third kappa shape index (κ3) is 4.58. The van der Waals surface area contributed by atoms with Crippen molar-refractivity contribution in [3.05, 3.63) is 70.7 Å². The van der Waals surface area contributed by atoms with Crippen LogP contribution in [0.25, 0.3) is 5.32 Å². The van der Waals surface area contributed by atoms with Crippen molar-refractivity contribution in [2.75, 3.05) is 22.5 Å². The first-order valence-corrected chi connectivity index (χ1v) is 9.97. The van der Waals surface area contributed by atoms with Gasteiger partial charge in [-0.15, -0.1) is 12.2 Å². The normalized spacial score (nSPS) is 12.8. The molecule has 0 fully saturated rings. The number of hydrogen-bond donors (Lipinski definition) is 3. The monoisotopic (exact) mass is 441 g/mol. The van der Waals surface area contributed by atoms with Crippen LogP contribution in [0.5, 0.6) is 0 Å². The maximum atomic E-state index is 13.5. The van der Waals surface area contributed by atoms with Gasteiger partial charge in [0.1, 0.15) is 11.4 Å². The molecule has 1 aromatic heterocycles. The SMILES string of the molecule is CC[N-]c1ccccc1CNc1nc(Nc2cccc3c2NC(=O)C3)ncc1C(F)(F)F. The lowest BCUT2D eigenvalue weighted by Crippen LogP contribution is -2.14. The van der Waals surface area contributed by atoms with Gasteiger partial charge in [0.25, 0.3) is 0 Å². The molecule has 1 aliphatic heterocycles. The molecule has 4 rings (SSSR count). The van der Waals surface area contributed by atoms with Gasteiger partial charge in [-0.3, -0.25) is 4.79 Å². The lowest BCUT2D eigenvalue weighted by atomic mass is 10.1. The van der Waals surface area contributed by atoms with Crippen molar-refractivity contribution in [3.8, 4) is 0 Å². The highest BCUT2D eigenvalue weighted by Gasteiger charge is 2.35. The lowest BCUT2D eigenvalue weighted by molar-refractivity contribution is -0.137. The quantitative estimate of drug-likeness (QED) is 0.458. The van der Waals surface area contributed by atoms with Gasteiger partial charge in [-0.25, -0.2) is 4.98 Å². The van der Waals surface area contributed by atoms with Crippen molar-refractivity contribution in [2.45, 2.75) is 26.1 Å². The highest BCUT2D eigenvalue weighted by Crippen LogP contribution is 2.36. The molecule has 0 saturated heterocycles. The van der Waals surface area contributed by atoms with Crippen LogP contribution in [0.3, 0.4) is 0 Å². The fourth-order valence-electron chi connectivity index (χ4n) is 3.42. The van der Waals surface area contributed by atoms with Gasteiger partial charge in [0.15, 0.2) is 0 Å². The molecule has 1 amide bonds. The number of carbonyl (C=O) groups is 1. The third-order valence-corrected chi connectivity index (χ3v) is 4.87. The van der Waals surface area contributed by atoms with E-state index in [-0.39, 0.29) is 30.6 Å². The number of anilines is 4. The molecule has 2 aromatic carbocycles. The molecule has 3 aromatic rings. The minimum absolute atomic E-state index is 0.0263. The first kappa shape index (κ1) is 21.4. The Balaban J connectivity index is 1.62. The molecule has 32 heavy (non-hydrogen) atoms. The molecule has 0 unspecified atom stereocenters. The summed E-state index contributed by atoms with van der Waals surface area (Å²) in [5.74, 6) is -0.527. The highest BCUT2D eigenvalue weighted by molar-refractivity contribution is 6.03. The largest absolute Gasteiger partial charge is 0.684 e. The maximum absolute atomic E-state index is 13.5. The number of nitrogens with one attached hydrogen (secondary N) is 3. The van der Waals surface area contributed by atoms with E-state index in [2.05, 4.69) is 31.2 Å². The van der Waals surface area contributed by atoms with Crippen LogP contribution in [0.2, 0.25) is 0 Å². The summed E-state index contributed by atoms with van der Waals surface area (Å²) in [7, 11) is 0. The number of aromatic nitrogens is 2. The summed E-state index contributed by atoms with van der Waals surface area (Å²) < 4.78 is 40.6. The highest BCUT2D eigenvalue weighted by atomic mass is 19.4. The zero-order valence-electron chi connectivity index (χ0n) is 17.1. The van der Waals surface area contributed by atoms with E-state index in [0.717, 1.165) is 17.3 Å². The van der Waals surface area contributed by atoms with Crippen LogP contribution in [-0.2, 0) is 23.9 Å². The number of carbonyl (C=O) groups excluding carboxylic acids is 1. The van der Waals surface area contributed by atoms with E-state index < -0.39 is 11.7 Å². The van der Waals surface area contributed by atoms with E-state index in [9.17, 15) is 18.0 Å². The molecule has 0 radical (unpaired) electrons. The van der Waals surface area contributed by atoms with Crippen molar-refractivity contribution in [3.63, 3.8) is 0 Å². The number of hydrogen-bond acceptors (Lipinski definition) is 5. The summed E-state index contributed by atoms with van der Waals surface area (Å²) in [6.07, 6.45) is -3.65. The van der Waals surface area contributed by atoms with E-state index in [4.69, 9.17) is 0 Å². The third-order valence-electron chi connectivity index (χ3n) is 4.87. The molecule has 7 nitrogen and oxygen atoms in total. The van der Waals surface area contributed by atoms with Crippen molar-refractivity contribution in [1.82, 2.24) is 9.97 Å². The van der Waals surface area contributed by atoms with Crippen molar-refractivity contribution in [2.24, 2.45) is 0 Å². The Bertz CT molecular complexity index is 1150. The Labute approximate surface area is 182 Å². The van der Waals surface area contributed by atoms with Gasteiger partial charge in [-0.2, -0.15) is 18.2 Å². The van der Waals surface area contributed by atoms with Crippen LogP contribution in [0, 0.1) is 0 Å². The number of para-hydroxylation sites is 2. The van der Waals surface area contributed by atoms with Gasteiger partial charge >= 0.3 is 6.18 Å².